The second-order valence-corrected chi connectivity index (χ2v) is 8.21. The molecule has 9 heteroatoms. The Morgan fingerprint density at radius 1 is 0.909 bits per heavy atom. The lowest BCUT2D eigenvalue weighted by atomic mass is 10.1. The normalized spacial score (nSPS) is 12.0. The zero-order chi connectivity index (χ0) is 23.5. The van der Waals surface area contributed by atoms with Gasteiger partial charge in [-0.15, -0.1) is 0 Å². The molecule has 0 saturated heterocycles. The Kier molecular flexibility index (Phi) is 6.74. The van der Waals surface area contributed by atoms with Crippen molar-refractivity contribution in [2.75, 3.05) is 0 Å². The van der Waals surface area contributed by atoms with Crippen LogP contribution in [0, 0.1) is 5.82 Å². The standard InChI is InChI=1S/C24H19Cl2FN4O2/c25-17-10-6-11-19(27)16(17)13-21-23(32)31(22-12-5-4-9-18(22)26)24(33)30(29-21)14-20(28)15-7-2-1-3-8-15/h1-12,20H,13-14,28H2. The number of nitrogens with zero attached hydrogens (tertiary/aromatic N) is 3. The molecular formula is C24H19Cl2FN4O2. The maximum Gasteiger partial charge on any atom is 0.352 e. The quantitative estimate of drug-likeness (QED) is 0.445. The van der Waals surface area contributed by atoms with Gasteiger partial charge in [0.25, 0.3) is 5.56 Å². The first-order valence-electron chi connectivity index (χ1n) is 10.1. The summed E-state index contributed by atoms with van der Waals surface area (Å²) in [6.07, 6.45) is -0.213. The Bertz CT molecular complexity index is 1400. The molecule has 4 rings (SSSR count). The van der Waals surface area contributed by atoms with Crippen LogP contribution in [-0.4, -0.2) is 14.3 Å². The van der Waals surface area contributed by atoms with Gasteiger partial charge < -0.3 is 5.73 Å². The van der Waals surface area contributed by atoms with E-state index in [1.165, 1.54) is 18.2 Å². The first-order chi connectivity index (χ1) is 15.9. The summed E-state index contributed by atoms with van der Waals surface area (Å²) in [6, 6.07) is 19.3. The molecule has 0 radical (unpaired) electrons. The Labute approximate surface area is 198 Å². The number of halogens is 3. The molecule has 0 aliphatic rings. The molecule has 0 bridgehead atoms. The highest BCUT2D eigenvalue weighted by molar-refractivity contribution is 6.32. The van der Waals surface area contributed by atoms with E-state index in [0.717, 1.165) is 14.8 Å². The van der Waals surface area contributed by atoms with Crippen molar-refractivity contribution in [3.63, 3.8) is 0 Å². The molecule has 168 valence electrons. The van der Waals surface area contributed by atoms with Crippen LogP contribution >= 0.6 is 23.2 Å². The maximum atomic E-state index is 14.4. The highest BCUT2D eigenvalue weighted by atomic mass is 35.5. The molecule has 1 atom stereocenters. The van der Waals surface area contributed by atoms with Gasteiger partial charge in [-0.1, -0.05) is 71.7 Å². The van der Waals surface area contributed by atoms with Crippen LogP contribution < -0.4 is 17.0 Å². The Morgan fingerprint density at radius 3 is 2.27 bits per heavy atom. The van der Waals surface area contributed by atoms with Gasteiger partial charge in [-0.25, -0.2) is 18.4 Å². The van der Waals surface area contributed by atoms with Crippen LogP contribution in [0.2, 0.25) is 10.0 Å². The zero-order valence-corrected chi connectivity index (χ0v) is 18.8. The predicted octanol–water partition coefficient (Wildman–Crippen LogP) is 4.13. The SMILES string of the molecule is NC(Cn1nc(Cc2c(F)cccc2Cl)c(=O)n(-c2ccccc2Cl)c1=O)c1ccccc1. The van der Waals surface area contributed by atoms with E-state index in [1.807, 2.05) is 30.3 Å². The van der Waals surface area contributed by atoms with Crippen LogP contribution in [0.5, 0.6) is 0 Å². The summed E-state index contributed by atoms with van der Waals surface area (Å²) < 4.78 is 16.5. The summed E-state index contributed by atoms with van der Waals surface area (Å²) >= 11 is 12.4. The lowest BCUT2D eigenvalue weighted by molar-refractivity contribution is 0.469. The van der Waals surface area contributed by atoms with E-state index >= 15 is 0 Å². The van der Waals surface area contributed by atoms with Gasteiger partial charge >= 0.3 is 5.69 Å². The topological polar surface area (TPSA) is 82.9 Å². The molecule has 3 aromatic carbocycles. The highest BCUT2D eigenvalue weighted by Gasteiger charge is 2.20. The highest BCUT2D eigenvalue weighted by Crippen LogP contribution is 2.22. The second kappa shape index (κ2) is 9.70. The summed E-state index contributed by atoms with van der Waals surface area (Å²) in [5, 5.41) is 4.61. The van der Waals surface area contributed by atoms with E-state index in [0.29, 0.717) is 0 Å². The first-order valence-corrected chi connectivity index (χ1v) is 10.8. The summed E-state index contributed by atoms with van der Waals surface area (Å²) in [6.45, 7) is -0.00835. The molecule has 2 N–H and O–H groups in total. The molecule has 0 spiro atoms. The van der Waals surface area contributed by atoms with E-state index in [1.54, 1.807) is 24.3 Å². The van der Waals surface area contributed by atoms with E-state index in [9.17, 15) is 14.0 Å². The van der Waals surface area contributed by atoms with Gasteiger partial charge in [0.2, 0.25) is 0 Å². The minimum Gasteiger partial charge on any atom is -0.322 e. The Balaban J connectivity index is 1.89. The van der Waals surface area contributed by atoms with Gasteiger partial charge in [0.05, 0.1) is 17.3 Å². The van der Waals surface area contributed by atoms with E-state index in [2.05, 4.69) is 5.10 Å². The van der Waals surface area contributed by atoms with Crippen LogP contribution in [0.25, 0.3) is 5.69 Å². The van der Waals surface area contributed by atoms with Gasteiger partial charge in [-0.3, -0.25) is 4.79 Å². The van der Waals surface area contributed by atoms with Crippen molar-refractivity contribution in [2.45, 2.75) is 19.0 Å². The van der Waals surface area contributed by atoms with E-state index < -0.39 is 23.1 Å². The van der Waals surface area contributed by atoms with Crippen LogP contribution in [-0.2, 0) is 13.0 Å². The van der Waals surface area contributed by atoms with E-state index in [4.69, 9.17) is 28.9 Å². The average Bonchev–Trinajstić information content (AvgIpc) is 2.81. The zero-order valence-electron chi connectivity index (χ0n) is 17.3. The molecule has 0 aliphatic heterocycles. The number of para-hydroxylation sites is 1. The predicted molar refractivity (Wildman–Crippen MR) is 127 cm³/mol. The van der Waals surface area contributed by atoms with Crippen LogP contribution in [0.3, 0.4) is 0 Å². The average molecular weight is 485 g/mol. The molecule has 0 saturated carbocycles. The van der Waals surface area contributed by atoms with Gasteiger partial charge in [0.15, 0.2) is 0 Å². The number of hydrogen-bond donors (Lipinski definition) is 1. The lowest BCUT2D eigenvalue weighted by Gasteiger charge is -2.17. The monoisotopic (exact) mass is 484 g/mol. The van der Waals surface area contributed by atoms with Gasteiger partial charge in [-0.2, -0.15) is 5.10 Å². The number of rotatable bonds is 6. The largest absolute Gasteiger partial charge is 0.352 e. The van der Waals surface area contributed by atoms with Crippen molar-refractivity contribution in [2.24, 2.45) is 5.73 Å². The molecule has 0 aliphatic carbocycles. The Morgan fingerprint density at radius 2 is 1.58 bits per heavy atom. The molecule has 0 amide bonds. The minimum atomic E-state index is -0.711. The fourth-order valence-corrected chi connectivity index (χ4v) is 3.95. The molecular weight excluding hydrogens is 466 g/mol. The smallest absolute Gasteiger partial charge is 0.322 e. The summed E-state index contributed by atoms with van der Waals surface area (Å²) in [7, 11) is 0. The first kappa shape index (κ1) is 22.9. The van der Waals surface area contributed by atoms with Crippen LogP contribution in [0.15, 0.2) is 82.4 Å². The molecule has 4 aromatic rings. The molecule has 1 heterocycles. The third-order valence-electron chi connectivity index (χ3n) is 5.20. The van der Waals surface area contributed by atoms with Gasteiger partial charge in [0.1, 0.15) is 11.5 Å². The fourth-order valence-electron chi connectivity index (χ4n) is 3.50. The van der Waals surface area contributed by atoms with Crippen LogP contribution in [0.4, 0.5) is 4.39 Å². The fraction of sp³-hybridized carbons (Fsp3) is 0.125. The Hall–Kier alpha value is -3.26. The molecule has 6 nitrogen and oxygen atoms in total. The van der Waals surface area contributed by atoms with Crippen molar-refractivity contribution in [3.05, 3.63) is 126 Å². The molecule has 33 heavy (non-hydrogen) atoms. The van der Waals surface area contributed by atoms with Crippen molar-refractivity contribution >= 4 is 23.2 Å². The van der Waals surface area contributed by atoms with E-state index in [-0.39, 0.29) is 40.0 Å². The number of benzene rings is 3. The number of nitrogens with two attached hydrogens (primary N) is 1. The van der Waals surface area contributed by atoms with Gasteiger partial charge in [-0.05, 0) is 29.8 Å². The number of hydrogen-bond acceptors (Lipinski definition) is 4. The third kappa shape index (κ3) is 4.75. The summed E-state index contributed by atoms with van der Waals surface area (Å²) in [5.74, 6) is -0.577. The lowest BCUT2D eigenvalue weighted by Crippen LogP contribution is -2.44. The number of aromatic nitrogens is 3. The van der Waals surface area contributed by atoms with Crippen molar-refractivity contribution < 1.29 is 4.39 Å². The molecule has 1 aromatic heterocycles. The third-order valence-corrected chi connectivity index (χ3v) is 5.87. The van der Waals surface area contributed by atoms with Crippen molar-refractivity contribution in [1.29, 1.82) is 0 Å². The van der Waals surface area contributed by atoms with Crippen molar-refractivity contribution in [3.8, 4) is 5.69 Å². The minimum absolute atomic E-state index is 0.00835. The maximum absolute atomic E-state index is 14.4. The summed E-state index contributed by atoms with van der Waals surface area (Å²) in [5.41, 5.74) is 5.91. The molecule has 0 fully saturated rings. The van der Waals surface area contributed by atoms with Gasteiger partial charge in [0, 0.05) is 23.0 Å². The van der Waals surface area contributed by atoms with Crippen molar-refractivity contribution in [1.82, 2.24) is 14.3 Å². The second-order valence-electron chi connectivity index (χ2n) is 7.40. The van der Waals surface area contributed by atoms with Crippen LogP contribution in [0.1, 0.15) is 22.9 Å². The molecule has 1 unspecified atom stereocenters. The summed E-state index contributed by atoms with van der Waals surface area (Å²) in [4.78, 5) is 26.6.